The summed E-state index contributed by atoms with van der Waals surface area (Å²) >= 11 is 0. The molecule has 158 valence electrons. The molecule has 0 atom stereocenters. The number of carbonyl (C=O) groups is 2. The minimum atomic E-state index is -0.427. The van der Waals surface area contributed by atoms with Crippen LogP contribution in [0.2, 0.25) is 0 Å². The van der Waals surface area contributed by atoms with E-state index in [-0.39, 0.29) is 29.8 Å². The average Bonchev–Trinajstić information content (AvgIpc) is 3.59. The highest BCUT2D eigenvalue weighted by atomic mass is 19.1. The molecule has 5 nitrogen and oxygen atoms in total. The maximum Gasteiger partial charge on any atom is 0.254 e. The molecule has 2 fully saturated rings. The third-order valence-corrected chi connectivity index (χ3v) is 6.08. The van der Waals surface area contributed by atoms with Gasteiger partial charge >= 0.3 is 0 Å². The highest BCUT2D eigenvalue weighted by Gasteiger charge is 2.31. The van der Waals surface area contributed by atoms with Crippen LogP contribution in [0.4, 0.5) is 10.1 Å². The van der Waals surface area contributed by atoms with E-state index in [1.54, 1.807) is 12.1 Å². The Balaban J connectivity index is 1.60. The lowest BCUT2D eigenvalue weighted by molar-refractivity contribution is -0.117. The lowest BCUT2D eigenvalue weighted by Crippen LogP contribution is -2.44. The molecule has 0 bridgehead atoms. The normalized spacial score (nSPS) is 21.1. The van der Waals surface area contributed by atoms with E-state index >= 15 is 0 Å². The second-order valence-corrected chi connectivity index (χ2v) is 8.43. The molecular formula is C24H28FN3O2. The summed E-state index contributed by atoms with van der Waals surface area (Å²) in [6, 6.07) is 13.6. The van der Waals surface area contributed by atoms with Crippen molar-refractivity contribution < 1.29 is 14.0 Å². The van der Waals surface area contributed by atoms with Crippen LogP contribution in [0.5, 0.6) is 0 Å². The Bertz CT molecular complexity index is 920. The number of carbonyl (C=O) groups excluding carboxylic acids is 2. The van der Waals surface area contributed by atoms with Crippen molar-refractivity contribution in [3.05, 3.63) is 65.5 Å². The van der Waals surface area contributed by atoms with Crippen molar-refractivity contribution in [1.82, 2.24) is 4.90 Å². The van der Waals surface area contributed by atoms with Crippen molar-refractivity contribution in [2.75, 3.05) is 5.32 Å². The average molecular weight is 410 g/mol. The number of hydrogen-bond acceptors (Lipinski definition) is 3. The zero-order valence-electron chi connectivity index (χ0n) is 17.0. The van der Waals surface area contributed by atoms with Gasteiger partial charge in [0.05, 0.1) is 0 Å². The van der Waals surface area contributed by atoms with E-state index in [2.05, 4.69) is 5.32 Å². The van der Waals surface area contributed by atoms with Crippen molar-refractivity contribution in [2.24, 2.45) is 11.7 Å². The lowest BCUT2D eigenvalue weighted by atomic mass is 9.90. The second-order valence-electron chi connectivity index (χ2n) is 8.43. The molecule has 4 rings (SSSR count). The van der Waals surface area contributed by atoms with Gasteiger partial charge in [-0.3, -0.25) is 9.59 Å². The van der Waals surface area contributed by atoms with E-state index in [0.29, 0.717) is 12.1 Å². The SMILES string of the molecule is NC1CCC(N(Cc2ccccc2NC(=O)C2CC2)C(=O)c2cccc(F)c2)CC1. The van der Waals surface area contributed by atoms with Crippen LogP contribution in [0.15, 0.2) is 48.5 Å². The number of para-hydroxylation sites is 1. The molecule has 0 spiro atoms. The Labute approximate surface area is 176 Å². The van der Waals surface area contributed by atoms with Crippen LogP contribution in [0, 0.1) is 11.7 Å². The first-order valence-electron chi connectivity index (χ1n) is 10.7. The topological polar surface area (TPSA) is 75.4 Å². The number of rotatable bonds is 6. The predicted molar refractivity (Wildman–Crippen MR) is 114 cm³/mol. The van der Waals surface area contributed by atoms with Gasteiger partial charge in [-0.2, -0.15) is 0 Å². The van der Waals surface area contributed by atoms with Crippen molar-refractivity contribution in [3.8, 4) is 0 Å². The first-order chi connectivity index (χ1) is 14.5. The molecule has 0 unspecified atom stereocenters. The number of nitrogens with zero attached hydrogens (tertiary/aromatic N) is 1. The van der Waals surface area contributed by atoms with Crippen molar-refractivity contribution in [1.29, 1.82) is 0 Å². The standard InChI is InChI=1S/C24H28FN3O2/c25-19-6-3-5-17(14-19)24(30)28(21-12-10-20(26)11-13-21)15-18-4-1-2-7-22(18)27-23(29)16-8-9-16/h1-7,14,16,20-21H,8-13,15,26H2,(H,27,29). The quantitative estimate of drug-likeness (QED) is 0.755. The van der Waals surface area contributed by atoms with E-state index in [9.17, 15) is 14.0 Å². The van der Waals surface area contributed by atoms with Crippen LogP contribution in [0.1, 0.15) is 54.4 Å². The minimum Gasteiger partial charge on any atom is -0.331 e. The number of amides is 2. The van der Waals surface area contributed by atoms with Gasteiger partial charge in [0.2, 0.25) is 5.91 Å². The highest BCUT2D eigenvalue weighted by molar-refractivity contribution is 5.96. The van der Waals surface area contributed by atoms with Crippen LogP contribution in [0.25, 0.3) is 0 Å². The van der Waals surface area contributed by atoms with Crippen LogP contribution in [-0.4, -0.2) is 28.8 Å². The number of nitrogens with one attached hydrogen (secondary N) is 1. The van der Waals surface area contributed by atoms with E-state index < -0.39 is 5.82 Å². The largest absolute Gasteiger partial charge is 0.331 e. The zero-order valence-corrected chi connectivity index (χ0v) is 17.0. The van der Waals surface area contributed by atoms with E-state index in [4.69, 9.17) is 5.73 Å². The second kappa shape index (κ2) is 8.96. The molecule has 2 aromatic rings. The third-order valence-electron chi connectivity index (χ3n) is 6.08. The summed E-state index contributed by atoms with van der Waals surface area (Å²) in [5.74, 6) is -0.487. The molecule has 0 aromatic heterocycles. The van der Waals surface area contributed by atoms with Crippen molar-refractivity contribution in [2.45, 2.75) is 57.2 Å². The van der Waals surface area contributed by atoms with Crippen molar-refractivity contribution >= 4 is 17.5 Å². The maximum atomic E-state index is 13.8. The molecule has 2 aliphatic rings. The fourth-order valence-corrected chi connectivity index (χ4v) is 4.11. The molecule has 0 aliphatic heterocycles. The zero-order chi connectivity index (χ0) is 21.1. The summed E-state index contributed by atoms with van der Waals surface area (Å²) in [5, 5.41) is 3.02. The number of halogens is 1. The van der Waals surface area contributed by atoms with Crippen LogP contribution in [0.3, 0.4) is 0 Å². The summed E-state index contributed by atoms with van der Waals surface area (Å²) in [6.07, 6.45) is 5.22. The summed E-state index contributed by atoms with van der Waals surface area (Å²) in [6.45, 7) is 0.358. The predicted octanol–water partition coefficient (Wildman–Crippen LogP) is 4.09. The van der Waals surface area contributed by atoms with Gasteiger partial charge in [0, 0.05) is 35.8 Å². The molecule has 2 saturated carbocycles. The summed E-state index contributed by atoms with van der Waals surface area (Å²) < 4.78 is 13.8. The van der Waals surface area contributed by atoms with Gasteiger partial charge in [0.25, 0.3) is 5.91 Å². The molecule has 0 saturated heterocycles. The van der Waals surface area contributed by atoms with E-state index in [1.165, 1.54) is 12.1 Å². The monoisotopic (exact) mass is 409 g/mol. The fraction of sp³-hybridized carbons (Fsp3) is 0.417. The number of benzene rings is 2. The fourth-order valence-electron chi connectivity index (χ4n) is 4.11. The summed E-state index contributed by atoms with van der Waals surface area (Å²) in [5.41, 5.74) is 8.02. The van der Waals surface area contributed by atoms with Gasteiger partial charge in [-0.05, 0) is 68.4 Å². The van der Waals surface area contributed by atoms with Crippen LogP contribution >= 0.6 is 0 Å². The van der Waals surface area contributed by atoms with E-state index in [0.717, 1.165) is 49.8 Å². The van der Waals surface area contributed by atoms with Gasteiger partial charge in [-0.1, -0.05) is 24.3 Å². The molecule has 0 heterocycles. The minimum absolute atomic E-state index is 0.0350. The highest BCUT2D eigenvalue weighted by Crippen LogP contribution is 2.32. The third kappa shape index (κ3) is 4.87. The number of anilines is 1. The Morgan fingerprint density at radius 1 is 1.00 bits per heavy atom. The van der Waals surface area contributed by atoms with Gasteiger partial charge in [-0.15, -0.1) is 0 Å². The Morgan fingerprint density at radius 2 is 1.73 bits per heavy atom. The molecule has 0 radical (unpaired) electrons. The molecule has 6 heteroatoms. The maximum absolute atomic E-state index is 13.8. The van der Waals surface area contributed by atoms with Crippen LogP contribution in [-0.2, 0) is 11.3 Å². The van der Waals surface area contributed by atoms with E-state index in [1.807, 2.05) is 29.2 Å². The first kappa shape index (κ1) is 20.5. The molecule has 2 amide bonds. The Kier molecular flexibility index (Phi) is 6.13. The number of hydrogen-bond donors (Lipinski definition) is 2. The Morgan fingerprint density at radius 3 is 2.43 bits per heavy atom. The molecule has 2 aromatic carbocycles. The van der Waals surface area contributed by atoms with Crippen LogP contribution < -0.4 is 11.1 Å². The molecule has 2 aliphatic carbocycles. The molecule has 30 heavy (non-hydrogen) atoms. The summed E-state index contributed by atoms with van der Waals surface area (Å²) in [4.78, 5) is 27.5. The van der Waals surface area contributed by atoms with Gasteiger partial charge in [0.15, 0.2) is 0 Å². The van der Waals surface area contributed by atoms with Gasteiger partial charge < -0.3 is 16.0 Å². The lowest BCUT2D eigenvalue weighted by Gasteiger charge is -2.36. The smallest absolute Gasteiger partial charge is 0.254 e. The van der Waals surface area contributed by atoms with Gasteiger partial charge in [-0.25, -0.2) is 4.39 Å². The van der Waals surface area contributed by atoms with Gasteiger partial charge in [0.1, 0.15) is 5.82 Å². The summed E-state index contributed by atoms with van der Waals surface area (Å²) in [7, 11) is 0. The Hall–Kier alpha value is -2.73. The first-order valence-corrected chi connectivity index (χ1v) is 10.7. The molecule has 3 N–H and O–H groups in total. The molecular weight excluding hydrogens is 381 g/mol. The van der Waals surface area contributed by atoms with Crippen molar-refractivity contribution in [3.63, 3.8) is 0 Å². The number of nitrogens with two attached hydrogens (primary N) is 1.